The molecule has 3 atom stereocenters. The molecule has 21 heavy (non-hydrogen) atoms. The summed E-state index contributed by atoms with van der Waals surface area (Å²) in [5, 5.41) is 18.9. The van der Waals surface area contributed by atoms with Gasteiger partial charge in [-0.05, 0) is 26.4 Å². The van der Waals surface area contributed by atoms with Gasteiger partial charge in [-0.1, -0.05) is 6.92 Å². The molecule has 0 aromatic rings. The van der Waals surface area contributed by atoms with E-state index in [0.29, 0.717) is 6.54 Å². The minimum Gasteiger partial charge on any atom is -0.480 e. The third-order valence-corrected chi connectivity index (χ3v) is 4.43. The van der Waals surface area contributed by atoms with Gasteiger partial charge in [0.05, 0.1) is 6.10 Å². The summed E-state index contributed by atoms with van der Waals surface area (Å²) >= 11 is 0. The Hall–Kier alpha value is -1.34. The highest BCUT2D eigenvalue weighted by molar-refractivity contribution is 5.83. The third-order valence-electron chi connectivity index (χ3n) is 4.43. The molecule has 2 fully saturated rings. The Balaban J connectivity index is 2.14. The summed E-state index contributed by atoms with van der Waals surface area (Å²) in [6.45, 7) is 4.53. The summed E-state index contributed by atoms with van der Waals surface area (Å²) < 4.78 is 0. The van der Waals surface area contributed by atoms with Gasteiger partial charge >= 0.3 is 12.0 Å². The van der Waals surface area contributed by atoms with E-state index in [1.807, 2.05) is 14.0 Å². The maximum atomic E-state index is 12.7. The lowest BCUT2D eigenvalue weighted by atomic mass is 10.2. The van der Waals surface area contributed by atoms with Gasteiger partial charge in [0.2, 0.25) is 0 Å². The topological polar surface area (TPSA) is 84.3 Å². The van der Waals surface area contributed by atoms with Gasteiger partial charge < -0.3 is 24.9 Å². The first-order valence-electron chi connectivity index (χ1n) is 7.60. The summed E-state index contributed by atoms with van der Waals surface area (Å²) in [6, 6.07) is -1.07. The van der Waals surface area contributed by atoms with E-state index in [9.17, 15) is 19.8 Å². The summed E-state index contributed by atoms with van der Waals surface area (Å²) in [5.41, 5.74) is 0. The molecule has 2 amide bonds. The Bertz CT molecular complexity index is 404. The molecule has 7 nitrogen and oxygen atoms in total. The van der Waals surface area contributed by atoms with Crippen molar-refractivity contribution in [1.29, 1.82) is 0 Å². The lowest BCUT2D eigenvalue weighted by Gasteiger charge is -2.34. The van der Waals surface area contributed by atoms with Crippen LogP contribution in [0.3, 0.4) is 0 Å². The van der Waals surface area contributed by atoms with Gasteiger partial charge in [0.15, 0.2) is 0 Å². The number of β-amino-alcohol motifs (C(OH)–C–C–N with tert-alkyl or cyclic N) is 1. The Kier molecular flexibility index (Phi) is 5.05. The molecule has 7 heteroatoms. The van der Waals surface area contributed by atoms with E-state index in [1.54, 1.807) is 4.90 Å². The van der Waals surface area contributed by atoms with Crippen LogP contribution in [0, 0.1) is 0 Å². The Morgan fingerprint density at radius 3 is 2.52 bits per heavy atom. The van der Waals surface area contributed by atoms with Crippen LogP contribution in [0.2, 0.25) is 0 Å². The zero-order valence-corrected chi connectivity index (χ0v) is 12.7. The molecule has 1 unspecified atom stereocenters. The number of carbonyl (C=O) groups excluding carboxylic acids is 1. The van der Waals surface area contributed by atoms with Crippen LogP contribution >= 0.6 is 0 Å². The monoisotopic (exact) mass is 299 g/mol. The number of likely N-dealkylation sites (N-methyl/N-ethyl adjacent to an activating group) is 1. The molecule has 0 saturated carbocycles. The molecule has 0 aliphatic carbocycles. The first-order chi connectivity index (χ1) is 9.93. The first kappa shape index (κ1) is 16.0. The molecule has 0 aromatic heterocycles. The number of carbonyl (C=O) groups is 2. The summed E-state index contributed by atoms with van der Waals surface area (Å²) in [6.07, 6.45) is 1.09. The number of hydrogen-bond donors (Lipinski definition) is 2. The fraction of sp³-hybridized carbons (Fsp3) is 0.857. The van der Waals surface area contributed by atoms with Gasteiger partial charge in [-0.15, -0.1) is 0 Å². The predicted octanol–water partition coefficient (Wildman–Crippen LogP) is 0.0423. The predicted molar refractivity (Wildman–Crippen MR) is 77.0 cm³/mol. The maximum absolute atomic E-state index is 12.7. The largest absolute Gasteiger partial charge is 0.480 e. The van der Waals surface area contributed by atoms with Crippen LogP contribution < -0.4 is 0 Å². The number of carboxylic acid groups (broad SMARTS) is 1. The van der Waals surface area contributed by atoms with Crippen molar-refractivity contribution in [3.8, 4) is 0 Å². The van der Waals surface area contributed by atoms with Crippen molar-refractivity contribution in [2.24, 2.45) is 0 Å². The smallest absolute Gasteiger partial charge is 0.326 e. The molecule has 0 radical (unpaired) electrons. The molecule has 2 aliphatic heterocycles. The van der Waals surface area contributed by atoms with Gasteiger partial charge in [-0.3, -0.25) is 0 Å². The molecule has 2 saturated heterocycles. The quantitative estimate of drug-likeness (QED) is 0.752. The normalized spacial score (nSPS) is 31.3. The number of amides is 2. The number of carboxylic acids is 1. The lowest BCUT2D eigenvalue weighted by molar-refractivity contribution is -0.141. The van der Waals surface area contributed by atoms with E-state index in [4.69, 9.17) is 0 Å². The maximum Gasteiger partial charge on any atom is 0.326 e. The van der Waals surface area contributed by atoms with Gasteiger partial charge in [0.25, 0.3) is 0 Å². The van der Waals surface area contributed by atoms with Crippen molar-refractivity contribution >= 4 is 12.0 Å². The average molecular weight is 299 g/mol. The van der Waals surface area contributed by atoms with Gasteiger partial charge in [-0.25, -0.2) is 9.59 Å². The van der Waals surface area contributed by atoms with E-state index in [0.717, 1.165) is 25.9 Å². The number of aliphatic hydroxyl groups is 1. The molecule has 0 bridgehead atoms. The number of aliphatic hydroxyl groups excluding tert-OH is 1. The fourth-order valence-electron chi connectivity index (χ4n) is 3.27. The standard InChI is InChI=1S/C14H25N3O4/c1-3-10-8-15(2)5-4-6-16(10)14(21)17-9-11(18)7-12(17)13(19)20/h10-12,18H,3-9H2,1-2H3,(H,19,20)/t10?,11-,12-/m1/s1. The van der Waals surface area contributed by atoms with Crippen LogP contribution in [0.5, 0.6) is 0 Å². The van der Waals surface area contributed by atoms with Crippen molar-refractivity contribution < 1.29 is 19.8 Å². The molecule has 0 aromatic carbocycles. The van der Waals surface area contributed by atoms with Crippen LogP contribution in [-0.4, -0.2) is 88.3 Å². The second-order valence-corrected chi connectivity index (χ2v) is 6.05. The van der Waals surface area contributed by atoms with Crippen molar-refractivity contribution in [2.45, 2.75) is 44.4 Å². The number of nitrogens with zero attached hydrogens (tertiary/aromatic N) is 3. The molecule has 120 valence electrons. The summed E-state index contributed by atoms with van der Waals surface area (Å²) in [4.78, 5) is 29.3. The molecule has 0 spiro atoms. The Morgan fingerprint density at radius 2 is 1.90 bits per heavy atom. The lowest BCUT2D eigenvalue weighted by Crippen LogP contribution is -2.52. The molecule has 2 aliphatic rings. The van der Waals surface area contributed by atoms with Crippen molar-refractivity contribution in [3.05, 3.63) is 0 Å². The number of urea groups is 1. The molecular formula is C14H25N3O4. The zero-order chi connectivity index (χ0) is 15.6. The van der Waals surface area contributed by atoms with E-state index in [2.05, 4.69) is 4.90 Å². The Morgan fingerprint density at radius 1 is 1.19 bits per heavy atom. The molecule has 2 heterocycles. The van der Waals surface area contributed by atoms with Crippen molar-refractivity contribution in [1.82, 2.24) is 14.7 Å². The second-order valence-electron chi connectivity index (χ2n) is 6.05. The molecule has 2 rings (SSSR count). The van der Waals surface area contributed by atoms with Crippen molar-refractivity contribution in [3.63, 3.8) is 0 Å². The highest BCUT2D eigenvalue weighted by atomic mass is 16.4. The second kappa shape index (κ2) is 6.62. The van der Waals surface area contributed by atoms with Crippen LogP contribution in [-0.2, 0) is 4.79 Å². The van der Waals surface area contributed by atoms with E-state index >= 15 is 0 Å². The minimum atomic E-state index is -1.04. The number of aliphatic carboxylic acids is 1. The van der Waals surface area contributed by atoms with Crippen LogP contribution in [0.15, 0.2) is 0 Å². The third kappa shape index (κ3) is 3.47. The molecule has 2 N–H and O–H groups in total. The van der Waals surface area contributed by atoms with E-state index < -0.39 is 18.1 Å². The zero-order valence-electron chi connectivity index (χ0n) is 12.7. The number of rotatable bonds is 2. The SMILES string of the molecule is CCC1CN(C)CCCN1C(=O)N1C[C@H](O)C[C@@H]1C(=O)O. The van der Waals surface area contributed by atoms with Gasteiger partial charge in [0, 0.05) is 32.1 Å². The Labute approximate surface area is 125 Å². The van der Waals surface area contributed by atoms with E-state index in [-0.39, 0.29) is 25.0 Å². The van der Waals surface area contributed by atoms with E-state index in [1.165, 1.54) is 4.90 Å². The van der Waals surface area contributed by atoms with Gasteiger partial charge in [0.1, 0.15) is 6.04 Å². The first-order valence-corrected chi connectivity index (χ1v) is 7.60. The summed E-state index contributed by atoms with van der Waals surface area (Å²) in [7, 11) is 2.04. The molecular weight excluding hydrogens is 274 g/mol. The highest BCUT2D eigenvalue weighted by Crippen LogP contribution is 2.22. The van der Waals surface area contributed by atoms with Crippen LogP contribution in [0.1, 0.15) is 26.2 Å². The average Bonchev–Trinajstić information content (AvgIpc) is 2.72. The summed E-state index contributed by atoms with van der Waals surface area (Å²) in [5.74, 6) is -1.04. The van der Waals surface area contributed by atoms with Crippen LogP contribution in [0.25, 0.3) is 0 Å². The number of likely N-dealkylation sites (tertiary alicyclic amines) is 1. The number of hydrogen-bond acceptors (Lipinski definition) is 4. The van der Waals surface area contributed by atoms with Gasteiger partial charge in [-0.2, -0.15) is 0 Å². The highest BCUT2D eigenvalue weighted by Gasteiger charge is 2.42. The van der Waals surface area contributed by atoms with Crippen molar-refractivity contribution in [2.75, 3.05) is 33.2 Å². The minimum absolute atomic E-state index is 0.0946. The fourth-order valence-corrected chi connectivity index (χ4v) is 3.27. The van der Waals surface area contributed by atoms with Crippen LogP contribution in [0.4, 0.5) is 4.79 Å².